The first-order chi connectivity index (χ1) is 9.15. The number of rotatable bonds is 6. The fourth-order valence-corrected chi connectivity index (χ4v) is 1.96. The van der Waals surface area contributed by atoms with Crippen LogP contribution < -0.4 is 10.2 Å². The van der Waals surface area contributed by atoms with Crippen LogP contribution >= 0.6 is 0 Å². The molecular weight excluding hydrogens is 236 g/mol. The predicted octanol–water partition coefficient (Wildman–Crippen LogP) is 2.13. The maximum Gasteiger partial charge on any atom is 0.0560 e. The lowest BCUT2D eigenvalue weighted by molar-refractivity contribution is 0.451. The van der Waals surface area contributed by atoms with Crippen molar-refractivity contribution in [2.75, 3.05) is 19.0 Å². The second-order valence-electron chi connectivity index (χ2n) is 5.07. The molecule has 1 heterocycles. The Hall–Kier alpha value is -1.81. The van der Waals surface area contributed by atoms with Gasteiger partial charge in [0.2, 0.25) is 0 Å². The van der Waals surface area contributed by atoms with E-state index in [4.69, 9.17) is 0 Å². The molecule has 2 aromatic rings. The first kappa shape index (κ1) is 13.6. The summed E-state index contributed by atoms with van der Waals surface area (Å²) < 4.78 is 1.95. The Labute approximate surface area is 115 Å². The van der Waals surface area contributed by atoms with Gasteiger partial charge >= 0.3 is 0 Å². The summed E-state index contributed by atoms with van der Waals surface area (Å²) in [6.45, 7) is 3.95. The maximum absolute atomic E-state index is 4.21. The SMILES string of the molecule is CC(Cn1cccn1)NCc1ccc(N(C)C)cc1. The van der Waals surface area contributed by atoms with Crippen molar-refractivity contribution < 1.29 is 0 Å². The number of aromatic nitrogens is 2. The van der Waals surface area contributed by atoms with Crippen molar-refractivity contribution in [1.82, 2.24) is 15.1 Å². The van der Waals surface area contributed by atoms with Gasteiger partial charge in [0.15, 0.2) is 0 Å². The molecule has 0 radical (unpaired) electrons. The van der Waals surface area contributed by atoms with Crippen LogP contribution in [0.4, 0.5) is 5.69 Å². The van der Waals surface area contributed by atoms with Gasteiger partial charge < -0.3 is 10.2 Å². The van der Waals surface area contributed by atoms with E-state index in [2.05, 4.69) is 60.6 Å². The molecule has 1 aromatic carbocycles. The van der Waals surface area contributed by atoms with Crippen molar-refractivity contribution in [3.8, 4) is 0 Å². The zero-order valence-corrected chi connectivity index (χ0v) is 11.9. The molecule has 0 bridgehead atoms. The predicted molar refractivity (Wildman–Crippen MR) is 79.3 cm³/mol. The van der Waals surface area contributed by atoms with Gasteiger partial charge in [-0.05, 0) is 30.7 Å². The lowest BCUT2D eigenvalue weighted by Crippen LogP contribution is -2.30. The van der Waals surface area contributed by atoms with Gasteiger partial charge in [-0.15, -0.1) is 0 Å². The highest BCUT2D eigenvalue weighted by Crippen LogP contribution is 2.12. The highest BCUT2D eigenvalue weighted by atomic mass is 15.3. The molecule has 102 valence electrons. The molecule has 0 spiro atoms. The second kappa shape index (κ2) is 6.38. The van der Waals surface area contributed by atoms with Gasteiger partial charge in [0.1, 0.15) is 0 Å². The van der Waals surface area contributed by atoms with Crippen molar-refractivity contribution in [3.63, 3.8) is 0 Å². The fraction of sp³-hybridized carbons (Fsp3) is 0.400. The molecule has 0 amide bonds. The van der Waals surface area contributed by atoms with Gasteiger partial charge in [-0.1, -0.05) is 12.1 Å². The monoisotopic (exact) mass is 258 g/mol. The molecule has 4 nitrogen and oxygen atoms in total. The summed E-state index contributed by atoms with van der Waals surface area (Å²) in [5.74, 6) is 0. The van der Waals surface area contributed by atoms with Gasteiger partial charge in [-0.3, -0.25) is 4.68 Å². The molecule has 1 atom stereocenters. The van der Waals surface area contributed by atoms with Crippen LogP contribution in [0.2, 0.25) is 0 Å². The van der Waals surface area contributed by atoms with Crippen molar-refractivity contribution >= 4 is 5.69 Å². The van der Waals surface area contributed by atoms with Crippen LogP contribution in [0.3, 0.4) is 0 Å². The highest BCUT2D eigenvalue weighted by molar-refractivity contribution is 5.45. The van der Waals surface area contributed by atoms with Gasteiger partial charge in [0.05, 0.1) is 6.54 Å². The van der Waals surface area contributed by atoms with Crippen molar-refractivity contribution in [3.05, 3.63) is 48.3 Å². The minimum absolute atomic E-state index is 0.397. The largest absolute Gasteiger partial charge is 0.378 e. The Morgan fingerprint density at radius 3 is 2.58 bits per heavy atom. The summed E-state index contributed by atoms with van der Waals surface area (Å²) in [5.41, 5.74) is 2.53. The standard InChI is InChI=1S/C15H22N4/c1-13(12-19-10-4-9-17-19)16-11-14-5-7-15(8-6-14)18(2)3/h4-10,13,16H,11-12H2,1-3H3. The van der Waals surface area contributed by atoms with Gasteiger partial charge in [0, 0.05) is 44.8 Å². The van der Waals surface area contributed by atoms with E-state index in [-0.39, 0.29) is 0 Å². The zero-order chi connectivity index (χ0) is 13.7. The zero-order valence-electron chi connectivity index (χ0n) is 11.9. The molecule has 4 heteroatoms. The van der Waals surface area contributed by atoms with Crippen LogP contribution in [0.5, 0.6) is 0 Å². The highest BCUT2D eigenvalue weighted by Gasteiger charge is 2.03. The Balaban J connectivity index is 1.81. The molecule has 1 unspecified atom stereocenters. The molecular formula is C15H22N4. The topological polar surface area (TPSA) is 33.1 Å². The lowest BCUT2D eigenvalue weighted by Gasteiger charge is -2.15. The minimum atomic E-state index is 0.397. The van der Waals surface area contributed by atoms with E-state index in [0.29, 0.717) is 6.04 Å². The third-order valence-electron chi connectivity index (χ3n) is 3.13. The Morgan fingerprint density at radius 1 is 1.26 bits per heavy atom. The van der Waals surface area contributed by atoms with Crippen LogP contribution in [0, 0.1) is 0 Å². The molecule has 0 aliphatic carbocycles. The van der Waals surface area contributed by atoms with E-state index < -0.39 is 0 Å². The summed E-state index contributed by atoms with van der Waals surface area (Å²) in [6, 6.07) is 11.0. The molecule has 0 aliphatic heterocycles. The number of anilines is 1. The molecule has 0 aliphatic rings. The molecule has 1 aromatic heterocycles. The molecule has 0 saturated heterocycles. The Kier molecular flexibility index (Phi) is 4.58. The number of hydrogen-bond donors (Lipinski definition) is 1. The summed E-state index contributed by atoms with van der Waals surface area (Å²) in [6.07, 6.45) is 3.80. The smallest absolute Gasteiger partial charge is 0.0560 e. The quantitative estimate of drug-likeness (QED) is 0.861. The van der Waals surface area contributed by atoms with Gasteiger partial charge in [0.25, 0.3) is 0 Å². The van der Waals surface area contributed by atoms with Crippen molar-refractivity contribution in [2.24, 2.45) is 0 Å². The van der Waals surface area contributed by atoms with Crippen LogP contribution in [0.25, 0.3) is 0 Å². The van der Waals surface area contributed by atoms with Crippen molar-refractivity contribution in [1.29, 1.82) is 0 Å². The summed E-state index contributed by atoms with van der Waals surface area (Å²) >= 11 is 0. The lowest BCUT2D eigenvalue weighted by atomic mass is 10.2. The molecule has 19 heavy (non-hydrogen) atoms. The van der Waals surface area contributed by atoms with E-state index in [9.17, 15) is 0 Å². The number of nitrogens with zero attached hydrogens (tertiary/aromatic N) is 3. The van der Waals surface area contributed by atoms with Crippen LogP contribution in [0.15, 0.2) is 42.7 Å². The fourth-order valence-electron chi connectivity index (χ4n) is 1.96. The normalized spacial score (nSPS) is 12.4. The maximum atomic E-state index is 4.21. The van der Waals surface area contributed by atoms with Gasteiger partial charge in [-0.2, -0.15) is 5.10 Å². The van der Waals surface area contributed by atoms with E-state index in [1.165, 1.54) is 11.3 Å². The van der Waals surface area contributed by atoms with Crippen molar-refractivity contribution in [2.45, 2.75) is 26.1 Å². The molecule has 0 saturated carbocycles. The third kappa shape index (κ3) is 4.10. The van der Waals surface area contributed by atoms with E-state index in [1.54, 1.807) is 0 Å². The third-order valence-corrected chi connectivity index (χ3v) is 3.13. The second-order valence-corrected chi connectivity index (χ2v) is 5.07. The first-order valence-electron chi connectivity index (χ1n) is 6.62. The van der Waals surface area contributed by atoms with E-state index >= 15 is 0 Å². The molecule has 0 fully saturated rings. The van der Waals surface area contributed by atoms with Gasteiger partial charge in [-0.25, -0.2) is 0 Å². The van der Waals surface area contributed by atoms with E-state index in [1.807, 2.05) is 23.1 Å². The average molecular weight is 258 g/mol. The summed E-state index contributed by atoms with van der Waals surface area (Å²) in [7, 11) is 4.11. The number of hydrogen-bond acceptors (Lipinski definition) is 3. The first-order valence-corrected chi connectivity index (χ1v) is 6.62. The van der Waals surface area contributed by atoms with Crippen LogP contribution in [-0.2, 0) is 13.1 Å². The molecule has 1 N–H and O–H groups in total. The Bertz CT molecular complexity index is 473. The molecule has 2 rings (SSSR count). The van der Waals surface area contributed by atoms with E-state index in [0.717, 1.165) is 13.1 Å². The van der Waals surface area contributed by atoms with Crippen LogP contribution in [-0.4, -0.2) is 29.9 Å². The Morgan fingerprint density at radius 2 is 2.00 bits per heavy atom. The average Bonchev–Trinajstić information content (AvgIpc) is 2.89. The minimum Gasteiger partial charge on any atom is -0.378 e. The number of nitrogens with one attached hydrogen (secondary N) is 1. The summed E-state index contributed by atoms with van der Waals surface area (Å²) in [4.78, 5) is 2.11. The number of benzene rings is 1. The summed E-state index contributed by atoms with van der Waals surface area (Å²) in [5, 5.41) is 7.72. The van der Waals surface area contributed by atoms with Crippen LogP contribution in [0.1, 0.15) is 12.5 Å².